The highest BCUT2D eigenvalue weighted by atomic mass is 79.9. The van der Waals surface area contributed by atoms with Crippen molar-refractivity contribution in [3.05, 3.63) is 62.0 Å². The maximum absolute atomic E-state index is 12.1. The number of halogens is 3. The summed E-state index contributed by atoms with van der Waals surface area (Å²) in [6.07, 6.45) is 0. The molecule has 2 aromatic carbocycles. The van der Waals surface area contributed by atoms with E-state index in [0.29, 0.717) is 15.8 Å². The first-order valence-electron chi connectivity index (χ1n) is 7.50. The summed E-state index contributed by atoms with van der Waals surface area (Å²) in [6.45, 7) is 1.70. The minimum atomic E-state index is -0.522. The maximum atomic E-state index is 12.1. The van der Waals surface area contributed by atoms with Gasteiger partial charge in [0, 0.05) is 15.6 Å². The van der Waals surface area contributed by atoms with Crippen molar-refractivity contribution in [2.24, 2.45) is 0 Å². The molecule has 0 bridgehead atoms. The minimum absolute atomic E-state index is 0.0963. The van der Waals surface area contributed by atoms with Crippen LogP contribution in [0, 0.1) is 6.92 Å². The Labute approximate surface area is 179 Å². The van der Waals surface area contributed by atoms with Crippen molar-refractivity contribution >= 4 is 68.3 Å². The number of carbonyl (C=O) groups is 2. The largest absolute Gasteiger partial charge is 0.483 e. The number of thiocarbonyl (C=S) groups is 1. The molecule has 142 valence electrons. The summed E-state index contributed by atoms with van der Waals surface area (Å²) in [6, 6.07) is 9.87. The highest BCUT2D eigenvalue weighted by Crippen LogP contribution is 2.25. The van der Waals surface area contributed by atoms with Gasteiger partial charge in [-0.25, -0.2) is 0 Å². The Kier molecular flexibility index (Phi) is 7.85. The lowest BCUT2D eigenvalue weighted by Crippen LogP contribution is -2.49. The molecule has 3 N–H and O–H groups in total. The molecule has 10 heteroatoms. The molecule has 0 aliphatic carbocycles. The summed E-state index contributed by atoms with van der Waals surface area (Å²) < 4.78 is 6.15. The number of hydrazine groups is 1. The third-order valence-corrected chi connectivity index (χ3v) is 4.37. The fraction of sp³-hybridized carbons (Fsp3) is 0.118. The van der Waals surface area contributed by atoms with E-state index in [2.05, 4.69) is 32.1 Å². The molecule has 0 saturated carbocycles. The van der Waals surface area contributed by atoms with Crippen molar-refractivity contribution in [3.63, 3.8) is 0 Å². The van der Waals surface area contributed by atoms with Crippen LogP contribution in [0.5, 0.6) is 5.75 Å². The predicted octanol–water partition coefficient (Wildman–Crippen LogP) is 3.78. The van der Waals surface area contributed by atoms with Gasteiger partial charge in [-0.1, -0.05) is 29.3 Å². The van der Waals surface area contributed by atoms with Gasteiger partial charge in [-0.05, 0) is 71.0 Å². The standard InChI is InChI=1S/C17H14BrCl2N3O3S/c1-9-2-3-14(13(18)4-9)26-8-15(24)22-23-17(27)21-16(25)10-5-11(19)7-12(20)6-10/h2-7H,8H2,1H3,(H,22,24)(H2,21,23,25,27). The van der Waals surface area contributed by atoms with Crippen LogP contribution in [0.15, 0.2) is 40.9 Å². The monoisotopic (exact) mass is 489 g/mol. The summed E-state index contributed by atoms with van der Waals surface area (Å²) in [4.78, 5) is 23.9. The first-order chi connectivity index (χ1) is 12.7. The number of nitrogens with one attached hydrogen (secondary N) is 3. The van der Waals surface area contributed by atoms with Gasteiger partial charge < -0.3 is 4.74 Å². The molecule has 2 rings (SSSR count). The van der Waals surface area contributed by atoms with Crippen LogP contribution >= 0.6 is 51.3 Å². The van der Waals surface area contributed by atoms with Crippen LogP contribution in [0.4, 0.5) is 0 Å². The Hall–Kier alpha value is -1.87. The third-order valence-electron chi connectivity index (χ3n) is 3.11. The quantitative estimate of drug-likeness (QED) is 0.449. The smallest absolute Gasteiger partial charge is 0.276 e. The van der Waals surface area contributed by atoms with Gasteiger partial charge in [-0.2, -0.15) is 0 Å². The predicted molar refractivity (Wildman–Crippen MR) is 112 cm³/mol. The molecule has 0 aliphatic rings. The highest BCUT2D eigenvalue weighted by Gasteiger charge is 2.11. The van der Waals surface area contributed by atoms with Crippen molar-refractivity contribution in [2.45, 2.75) is 6.92 Å². The van der Waals surface area contributed by atoms with Crippen LogP contribution in [0.1, 0.15) is 15.9 Å². The molecule has 27 heavy (non-hydrogen) atoms. The number of amides is 2. The van der Waals surface area contributed by atoms with Gasteiger partial charge >= 0.3 is 0 Å². The topological polar surface area (TPSA) is 79.5 Å². The van der Waals surface area contributed by atoms with E-state index in [0.717, 1.165) is 10.0 Å². The van der Waals surface area contributed by atoms with Crippen LogP contribution in [0.3, 0.4) is 0 Å². The van der Waals surface area contributed by atoms with Gasteiger partial charge in [0.05, 0.1) is 4.47 Å². The van der Waals surface area contributed by atoms with E-state index in [1.165, 1.54) is 18.2 Å². The van der Waals surface area contributed by atoms with E-state index in [9.17, 15) is 9.59 Å². The van der Waals surface area contributed by atoms with Crippen LogP contribution in [-0.4, -0.2) is 23.5 Å². The third kappa shape index (κ3) is 6.99. The molecule has 0 heterocycles. The Morgan fingerprint density at radius 1 is 1.11 bits per heavy atom. The van der Waals surface area contributed by atoms with Crippen LogP contribution in [-0.2, 0) is 4.79 Å². The summed E-state index contributed by atoms with van der Waals surface area (Å²) in [7, 11) is 0. The van der Waals surface area contributed by atoms with Crippen LogP contribution in [0.2, 0.25) is 10.0 Å². The van der Waals surface area contributed by atoms with Gasteiger partial charge in [0.1, 0.15) is 5.75 Å². The molecular weight excluding hydrogens is 477 g/mol. The number of hydrogen-bond acceptors (Lipinski definition) is 4. The Morgan fingerprint density at radius 3 is 2.41 bits per heavy atom. The number of carbonyl (C=O) groups excluding carboxylic acids is 2. The van der Waals surface area contributed by atoms with E-state index in [4.69, 9.17) is 40.2 Å². The molecule has 0 aliphatic heterocycles. The Morgan fingerprint density at radius 2 is 1.78 bits per heavy atom. The SMILES string of the molecule is Cc1ccc(OCC(=O)NNC(=S)NC(=O)c2cc(Cl)cc(Cl)c2)c(Br)c1. The van der Waals surface area contributed by atoms with Crippen LogP contribution in [0.25, 0.3) is 0 Å². The summed E-state index contributed by atoms with van der Waals surface area (Å²) in [5.74, 6) is -0.472. The fourth-order valence-electron chi connectivity index (χ4n) is 1.92. The molecule has 0 atom stereocenters. The van der Waals surface area contributed by atoms with Gasteiger partial charge in [-0.15, -0.1) is 0 Å². The van der Waals surface area contributed by atoms with Gasteiger partial charge in [0.15, 0.2) is 11.7 Å². The van der Waals surface area contributed by atoms with Crippen molar-refractivity contribution in [3.8, 4) is 5.75 Å². The van der Waals surface area contributed by atoms with E-state index < -0.39 is 11.8 Å². The van der Waals surface area contributed by atoms with E-state index in [-0.39, 0.29) is 17.3 Å². The summed E-state index contributed by atoms with van der Waals surface area (Å²) in [5, 5.41) is 2.94. The number of hydrogen-bond donors (Lipinski definition) is 3. The molecule has 0 spiro atoms. The van der Waals surface area contributed by atoms with E-state index in [1.807, 2.05) is 19.1 Å². The van der Waals surface area contributed by atoms with Crippen molar-refractivity contribution in [1.29, 1.82) is 0 Å². The maximum Gasteiger partial charge on any atom is 0.276 e. The lowest BCUT2D eigenvalue weighted by molar-refractivity contribution is -0.123. The number of benzene rings is 2. The van der Waals surface area contributed by atoms with Gasteiger partial charge in [0.2, 0.25) is 0 Å². The Bertz CT molecular complexity index is 875. The second-order valence-corrected chi connectivity index (χ2v) is 7.47. The number of rotatable bonds is 4. The number of aryl methyl sites for hydroxylation is 1. The lowest BCUT2D eigenvalue weighted by Gasteiger charge is -2.12. The normalized spacial score (nSPS) is 10.1. The lowest BCUT2D eigenvalue weighted by atomic mass is 10.2. The molecule has 2 amide bonds. The first kappa shape index (κ1) is 21.4. The molecule has 0 fully saturated rings. The zero-order chi connectivity index (χ0) is 20.0. The average Bonchev–Trinajstić information content (AvgIpc) is 2.58. The van der Waals surface area contributed by atoms with Crippen molar-refractivity contribution in [1.82, 2.24) is 16.2 Å². The van der Waals surface area contributed by atoms with Crippen LogP contribution < -0.4 is 20.9 Å². The second kappa shape index (κ2) is 9.89. The zero-order valence-corrected chi connectivity index (χ0v) is 17.9. The van der Waals surface area contributed by atoms with E-state index in [1.54, 1.807) is 6.07 Å². The van der Waals surface area contributed by atoms with Crippen molar-refractivity contribution in [2.75, 3.05) is 6.61 Å². The van der Waals surface area contributed by atoms with Gasteiger partial charge in [0.25, 0.3) is 11.8 Å². The van der Waals surface area contributed by atoms with Crippen molar-refractivity contribution < 1.29 is 14.3 Å². The Balaban J connectivity index is 1.79. The summed E-state index contributed by atoms with van der Waals surface area (Å²) >= 11 is 20.0. The second-order valence-electron chi connectivity index (χ2n) is 5.34. The molecule has 0 radical (unpaired) electrons. The first-order valence-corrected chi connectivity index (χ1v) is 9.45. The fourth-order valence-corrected chi connectivity index (χ4v) is 3.20. The molecule has 6 nitrogen and oxygen atoms in total. The highest BCUT2D eigenvalue weighted by molar-refractivity contribution is 9.10. The molecule has 0 unspecified atom stereocenters. The molecule has 0 aromatic heterocycles. The molecule has 0 saturated heterocycles. The van der Waals surface area contributed by atoms with Gasteiger partial charge in [-0.3, -0.25) is 25.8 Å². The number of ether oxygens (including phenoxy) is 1. The van der Waals surface area contributed by atoms with E-state index >= 15 is 0 Å². The average molecular weight is 491 g/mol. The molecular formula is C17H14BrCl2N3O3S. The summed E-state index contributed by atoms with van der Waals surface area (Å²) in [5.41, 5.74) is 6.03. The zero-order valence-electron chi connectivity index (χ0n) is 13.9. The molecule has 2 aromatic rings. The minimum Gasteiger partial charge on any atom is -0.483 e.